The minimum absolute atomic E-state index is 0.131. The van der Waals surface area contributed by atoms with E-state index in [1.54, 1.807) is 0 Å². The van der Waals surface area contributed by atoms with Gasteiger partial charge in [-0.2, -0.15) is 4.31 Å². The summed E-state index contributed by atoms with van der Waals surface area (Å²) in [7, 11) is -1.21. The highest BCUT2D eigenvalue weighted by molar-refractivity contribution is 7.89. The summed E-state index contributed by atoms with van der Waals surface area (Å²) in [6.07, 6.45) is 0. The quantitative estimate of drug-likeness (QED) is 0.768. The average molecular weight is 289 g/mol. The van der Waals surface area contributed by atoms with Gasteiger partial charge in [-0.25, -0.2) is 12.8 Å². The Morgan fingerprint density at radius 1 is 1.47 bits per heavy atom. The highest BCUT2D eigenvalue weighted by Gasteiger charge is 2.24. The van der Waals surface area contributed by atoms with E-state index in [0.717, 1.165) is 10.4 Å². The number of amides is 1. The molecule has 0 atom stereocenters. The summed E-state index contributed by atoms with van der Waals surface area (Å²) in [4.78, 5) is 11.0. The van der Waals surface area contributed by atoms with E-state index in [4.69, 9.17) is 5.73 Å². The second-order valence-electron chi connectivity index (χ2n) is 4.08. The number of halogens is 1. The number of nitrogen functional groups attached to an aromatic ring is 1. The number of nitrogens with one attached hydrogen (secondary N) is 1. The Bertz CT molecular complexity index is 578. The van der Waals surface area contributed by atoms with Crippen molar-refractivity contribution in [3.05, 3.63) is 23.5 Å². The van der Waals surface area contributed by atoms with Crippen molar-refractivity contribution >= 4 is 21.6 Å². The molecule has 1 aromatic rings. The molecule has 0 saturated heterocycles. The number of anilines is 1. The van der Waals surface area contributed by atoms with E-state index in [1.165, 1.54) is 27.1 Å². The fourth-order valence-electron chi connectivity index (χ4n) is 1.46. The normalized spacial score (nSPS) is 11.6. The fraction of sp³-hybridized carbons (Fsp3) is 0.364. The SMILES string of the molecule is CNC(=O)CN(C)S(=O)(=O)c1cc(C)c(F)c(N)c1. The van der Waals surface area contributed by atoms with Crippen molar-refractivity contribution in [3.8, 4) is 0 Å². The number of carbonyl (C=O) groups is 1. The van der Waals surface area contributed by atoms with E-state index >= 15 is 0 Å². The third kappa shape index (κ3) is 3.21. The van der Waals surface area contributed by atoms with Crippen molar-refractivity contribution in [1.82, 2.24) is 9.62 Å². The van der Waals surface area contributed by atoms with Crippen molar-refractivity contribution < 1.29 is 17.6 Å². The van der Waals surface area contributed by atoms with Crippen LogP contribution < -0.4 is 11.1 Å². The molecule has 0 aromatic heterocycles. The van der Waals surface area contributed by atoms with Gasteiger partial charge in [-0.15, -0.1) is 0 Å². The Balaban J connectivity index is 3.17. The Kier molecular flexibility index (Phi) is 4.48. The summed E-state index contributed by atoms with van der Waals surface area (Å²) in [6.45, 7) is 1.10. The number of likely N-dealkylation sites (N-methyl/N-ethyl adjacent to an activating group) is 2. The Morgan fingerprint density at radius 2 is 2.05 bits per heavy atom. The molecular weight excluding hydrogens is 273 g/mol. The molecule has 106 valence electrons. The monoisotopic (exact) mass is 289 g/mol. The lowest BCUT2D eigenvalue weighted by molar-refractivity contribution is -0.120. The molecule has 0 aliphatic carbocycles. The van der Waals surface area contributed by atoms with E-state index in [2.05, 4.69) is 5.32 Å². The number of sulfonamides is 1. The highest BCUT2D eigenvalue weighted by Crippen LogP contribution is 2.22. The molecule has 0 unspecified atom stereocenters. The minimum atomic E-state index is -3.88. The molecule has 0 saturated carbocycles. The fourth-order valence-corrected chi connectivity index (χ4v) is 2.71. The maximum atomic E-state index is 13.4. The van der Waals surface area contributed by atoms with Gasteiger partial charge in [-0.3, -0.25) is 4.79 Å². The third-order valence-corrected chi connectivity index (χ3v) is 4.39. The van der Waals surface area contributed by atoms with E-state index in [9.17, 15) is 17.6 Å². The first-order chi connectivity index (χ1) is 8.70. The lowest BCUT2D eigenvalue weighted by atomic mass is 10.2. The average Bonchev–Trinajstić information content (AvgIpc) is 2.34. The second-order valence-corrected chi connectivity index (χ2v) is 6.12. The van der Waals surface area contributed by atoms with Gasteiger partial charge in [0.2, 0.25) is 15.9 Å². The Hall–Kier alpha value is -1.67. The number of hydrogen-bond acceptors (Lipinski definition) is 4. The minimum Gasteiger partial charge on any atom is -0.396 e. The molecule has 3 N–H and O–H groups in total. The van der Waals surface area contributed by atoms with Crippen LogP contribution in [0.5, 0.6) is 0 Å². The third-order valence-electron chi connectivity index (χ3n) is 2.61. The van der Waals surface area contributed by atoms with Crippen LogP contribution in [0.4, 0.5) is 10.1 Å². The van der Waals surface area contributed by atoms with Crippen molar-refractivity contribution in [2.45, 2.75) is 11.8 Å². The maximum Gasteiger partial charge on any atom is 0.243 e. The summed E-state index contributed by atoms with van der Waals surface area (Å²) in [5, 5.41) is 2.32. The number of hydrogen-bond donors (Lipinski definition) is 2. The van der Waals surface area contributed by atoms with Gasteiger partial charge in [0, 0.05) is 14.1 Å². The van der Waals surface area contributed by atoms with Crippen molar-refractivity contribution in [1.29, 1.82) is 0 Å². The number of nitrogens with zero attached hydrogens (tertiary/aromatic N) is 1. The molecule has 1 rings (SSSR count). The maximum absolute atomic E-state index is 13.4. The molecule has 1 amide bonds. The zero-order valence-electron chi connectivity index (χ0n) is 10.9. The van der Waals surface area contributed by atoms with E-state index in [1.807, 2.05) is 0 Å². The first-order valence-corrected chi connectivity index (χ1v) is 6.86. The lowest BCUT2D eigenvalue weighted by Crippen LogP contribution is -2.36. The van der Waals surface area contributed by atoms with E-state index in [-0.39, 0.29) is 22.7 Å². The van der Waals surface area contributed by atoms with Crippen LogP contribution >= 0.6 is 0 Å². The van der Waals surface area contributed by atoms with Crippen LogP contribution in [0.2, 0.25) is 0 Å². The van der Waals surface area contributed by atoms with Gasteiger partial charge in [0.15, 0.2) is 0 Å². The topological polar surface area (TPSA) is 92.5 Å². The summed E-state index contributed by atoms with van der Waals surface area (Å²) in [5.74, 6) is -1.09. The summed E-state index contributed by atoms with van der Waals surface area (Å²) in [5.41, 5.74) is 5.30. The molecular formula is C11H16FN3O3S. The van der Waals surface area contributed by atoms with Gasteiger partial charge in [-0.1, -0.05) is 0 Å². The molecule has 0 heterocycles. The van der Waals surface area contributed by atoms with Crippen molar-refractivity contribution in [3.63, 3.8) is 0 Å². The van der Waals surface area contributed by atoms with Crippen LogP contribution in [0, 0.1) is 12.7 Å². The highest BCUT2D eigenvalue weighted by atomic mass is 32.2. The van der Waals surface area contributed by atoms with Gasteiger partial charge in [-0.05, 0) is 24.6 Å². The molecule has 6 nitrogen and oxygen atoms in total. The van der Waals surface area contributed by atoms with Crippen LogP contribution in [0.15, 0.2) is 17.0 Å². The summed E-state index contributed by atoms with van der Waals surface area (Å²) in [6, 6.07) is 2.22. The standard InChI is InChI=1S/C11H16FN3O3S/c1-7-4-8(5-9(13)11(7)12)19(17,18)15(3)6-10(16)14-2/h4-5H,6,13H2,1-3H3,(H,14,16). The lowest BCUT2D eigenvalue weighted by Gasteiger charge is -2.17. The van der Waals surface area contributed by atoms with Crippen molar-refractivity contribution in [2.24, 2.45) is 0 Å². The largest absolute Gasteiger partial charge is 0.396 e. The first-order valence-electron chi connectivity index (χ1n) is 5.42. The molecule has 0 aliphatic heterocycles. The Labute approximate surface area is 111 Å². The van der Waals surface area contributed by atoms with Crippen molar-refractivity contribution in [2.75, 3.05) is 26.4 Å². The molecule has 0 aliphatic rings. The predicted molar refractivity (Wildman–Crippen MR) is 69.4 cm³/mol. The van der Waals surface area contributed by atoms with Crippen LogP contribution in [-0.4, -0.2) is 39.3 Å². The van der Waals surface area contributed by atoms with Crippen LogP contribution in [0.25, 0.3) is 0 Å². The zero-order chi connectivity index (χ0) is 14.8. The van der Waals surface area contributed by atoms with Gasteiger partial charge >= 0.3 is 0 Å². The van der Waals surface area contributed by atoms with Gasteiger partial charge in [0.25, 0.3) is 0 Å². The molecule has 1 aromatic carbocycles. The van der Waals surface area contributed by atoms with Gasteiger partial charge < -0.3 is 11.1 Å². The van der Waals surface area contributed by atoms with Gasteiger partial charge in [0.05, 0.1) is 17.1 Å². The van der Waals surface area contributed by atoms with E-state index < -0.39 is 21.7 Å². The zero-order valence-corrected chi connectivity index (χ0v) is 11.7. The molecule has 0 spiro atoms. The summed E-state index contributed by atoms with van der Waals surface area (Å²) < 4.78 is 38.6. The Morgan fingerprint density at radius 3 is 2.53 bits per heavy atom. The predicted octanol–water partition coefficient (Wildman–Crippen LogP) is 0.0828. The molecule has 0 bridgehead atoms. The number of rotatable bonds is 4. The molecule has 0 fully saturated rings. The number of carbonyl (C=O) groups excluding carboxylic acids is 1. The van der Waals surface area contributed by atoms with Crippen LogP contribution in [0.3, 0.4) is 0 Å². The first kappa shape index (κ1) is 15.4. The molecule has 8 heteroatoms. The second kappa shape index (κ2) is 5.54. The smallest absolute Gasteiger partial charge is 0.243 e. The number of aryl methyl sites for hydroxylation is 1. The number of benzene rings is 1. The molecule has 19 heavy (non-hydrogen) atoms. The van der Waals surface area contributed by atoms with Crippen LogP contribution in [-0.2, 0) is 14.8 Å². The summed E-state index contributed by atoms with van der Waals surface area (Å²) >= 11 is 0. The van der Waals surface area contributed by atoms with E-state index in [0.29, 0.717) is 0 Å². The number of nitrogens with two attached hydrogens (primary N) is 1. The van der Waals surface area contributed by atoms with Crippen LogP contribution in [0.1, 0.15) is 5.56 Å². The molecule has 0 radical (unpaired) electrons. The van der Waals surface area contributed by atoms with Gasteiger partial charge in [0.1, 0.15) is 5.82 Å².